The summed E-state index contributed by atoms with van der Waals surface area (Å²) in [6.07, 6.45) is 2.67. The zero-order valence-corrected chi connectivity index (χ0v) is 23.1. The van der Waals surface area contributed by atoms with E-state index in [0.717, 1.165) is 5.56 Å². The number of anilines is 1. The smallest absolute Gasteiger partial charge is 0.339 e. The van der Waals surface area contributed by atoms with Crippen molar-refractivity contribution in [3.8, 4) is 5.75 Å². The second-order valence-corrected chi connectivity index (χ2v) is 13.0. The number of hydrogen-bond acceptors (Lipinski definition) is 9. The monoisotopic (exact) mass is 586 g/mol. The highest BCUT2D eigenvalue weighted by atomic mass is 32.3. The summed E-state index contributed by atoms with van der Waals surface area (Å²) in [6, 6.07) is 14.7. The van der Waals surface area contributed by atoms with Gasteiger partial charge < -0.3 is 9.50 Å². The Hall–Kier alpha value is -3.78. The Morgan fingerprint density at radius 3 is 2.52 bits per heavy atom. The van der Waals surface area contributed by atoms with Crippen LogP contribution in [0, 0.1) is 12.7 Å². The molecule has 0 bridgehead atoms. The van der Waals surface area contributed by atoms with Gasteiger partial charge in [-0.05, 0) is 61.7 Å². The number of nitrogens with zero attached hydrogens (tertiary/aromatic N) is 3. The Morgan fingerprint density at radius 2 is 1.82 bits per heavy atom. The number of pyridine rings is 2. The largest absolute Gasteiger partial charge is 0.374 e. The fraction of sp³-hybridized carbons (Fsp3) is 0.222. The van der Waals surface area contributed by atoms with Crippen LogP contribution in [-0.4, -0.2) is 45.7 Å². The zero-order chi connectivity index (χ0) is 28.5. The molecule has 1 saturated heterocycles. The van der Waals surface area contributed by atoms with E-state index in [-0.39, 0.29) is 40.5 Å². The number of nitrogens with one attached hydrogen (secondary N) is 1. The van der Waals surface area contributed by atoms with Gasteiger partial charge in [-0.3, -0.25) is 23.2 Å². The van der Waals surface area contributed by atoms with Crippen molar-refractivity contribution < 1.29 is 30.9 Å². The lowest BCUT2D eigenvalue weighted by molar-refractivity contribution is 0.0944. The van der Waals surface area contributed by atoms with E-state index in [0.29, 0.717) is 18.4 Å². The summed E-state index contributed by atoms with van der Waals surface area (Å²) in [7, 11) is -7.67. The highest BCUT2D eigenvalue weighted by molar-refractivity contribution is 8.25. The average Bonchev–Trinajstić information content (AvgIpc) is 2.93. The van der Waals surface area contributed by atoms with E-state index in [1.165, 1.54) is 46.9 Å². The lowest BCUT2D eigenvalue weighted by atomic mass is 10.1. The number of fused-ring (bicyclic) bond motifs is 1. The zero-order valence-electron chi connectivity index (χ0n) is 21.4. The van der Waals surface area contributed by atoms with Crippen molar-refractivity contribution in [2.45, 2.75) is 31.2 Å². The Balaban J connectivity index is 1.64. The molecule has 0 aliphatic carbocycles. The Kier molecular flexibility index (Phi) is 7.64. The molecule has 0 spiro atoms. The first kappa shape index (κ1) is 27.8. The molecular weight excluding hydrogens is 559 g/mol. The maximum atomic E-state index is 13.5. The van der Waals surface area contributed by atoms with E-state index < -0.39 is 44.1 Å². The van der Waals surface area contributed by atoms with Gasteiger partial charge in [0, 0.05) is 24.7 Å². The SMILES string of the molecule is Cc1ccc(S(=O)(=O)Oc2c(C(=O)NCc3ccc(F)cc3)nc(N3CCCCS3(O)O)c3cccnc23)cc1. The van der Waals surface area contributed by atoms with Crippen molar-refractivity contribution in [3.05, 3.63) is 89.5 Å². The summed E-state index contributed by atoms with van der Waals surface area (Å²) in [6.45, 7) is 2.06. The van der Waals surface area contributed by atoms with Gasteiger partial charge in [-0.25, -0.2) is 9.37 Å². The minimum absolute atomic E-state index is 0.0101. The highest BCUT2D eigenvalue weighted by Gasteiger charge is 2.33. The molecule has 13 heteroatoms. The molecule has 0 saturated carbocycles. The summed E-state index contributed by atoms with van der Waals surface area (Å²) < 4.78 is 68.5. The molecule has 0 unspecified atom stereocenters. The van der Waals surface area contributed by atoms with Gasteiger partial charge in [0.15, 0.2) is 11.5 Å². The highest BCUT2D eigenvalue weighted by Crippen LogP contribution is 2.51. The van der Waals surface area contributed by atoms with Gasteiger partial charge in [0.2, 0.25) is 5.75 Å². The summed E-state index contributed by atoms with van der Waals surface area (Å²) >= 11 is 0. The topological polar surface area (TPSA) is 142 Å². The molecule has 4 aromatic rings. The molecule has 0 radical (unpaired) electrons. The van der Waals surface area contributed by atoms with Gasteiger partial charge in [0.25, 0.3) is 5.91 Å². The number of halogens is 1. The maximum absolute atomic E-state index is 13.5. The van der Waals surface area contributed by atoms with Crippen molar-refractivity contribution >= 4 is 43.5 Å². The third-order valence-electron chi connectivity index (χ3n) is 6.40. The molecule has 1 fully saturated rings. The molecule has 10 nitrogen and oxygen atoms in total. The Labute approximate surface area is 232 Å². The Bertz CT molecular complexity index is 1670. The third-order valence-corrected chi connectivity index (χ3v) is 9.53. The quantitative estimate of drug-likeness (QED) is 0.254. The molecule has 1 aliphatic rings. The van der Waals surface area contributed by atoms with Crippen LogP contribution in [0.3, 0.4) is 0 Å². The van der Waals surface area contributed by atoms with Crippen LogP contribution in [0.5, 0.6) is 5.75 Å². The number of amides is 1. The first-order valence-corrected chi connectivity index (χ1v) is 15.5. The number of hydrogen-bond donors (Lipinski definition) is 3. The van der Waals surface area contributed by atoms with E-state index in [4.69, 9.17) is 4.18 Å². The van der Waals surface area contributed by atoms with Gasteiger partial charge in [0.1, 0.15) is 16.2 Å². The molecule has 5 rings (SSSR count). The molecular formula is C27H27FN4O6S2. The van der Waals surface area contributed by atoms with Crippen molar-refractivity contribution in [2.75, 3.05) is 16.6 Å². The number of aromatic nitrogens is 2. The van der Waals surface area contributed by atoms with Gasteiger partial charge in [-0.2, -0.15) is 8.42 Å². The van der Waals surface area contributed by atoms with Crippen LogP contribution >= 0.6 is 10.8 Å². The van der Waals surface area contributed by atoms with Crippen molar-refractivity contribution in [1.29, 1.82) is 0 Å². The van der Waals surface area contributed by atoms with Crippen LogP contribution in [0.2, 0.25) is 0 Å². The van der Waals surface area contributed by atoms with Crippen molar-refractivity contribution in [2.24, 2.45) is 0 Å². The van der Waals surface area contributed by atoms with E-state index in [1.807, 2.05) is 6.92 Å². The van der Waals surface area contributed by atoms with E-state index in [9.17, 15) is 26.7 Å². The minimum Gasteiger partial charge on any atom is -0.374 e. The number of aryl methyl sites for hydroxylation is 1. The molecule has 40 heavy (non-hydrogen) atoms. The predicted molar refractivity (Wildman–Crippen MR) is 150 cm³/mol. The van der Waals surface area contributed by atoms with Gasteiger partial charge in [0.05, 0.1) is 5.75 Å². The van der Waals surface area contributed by atoms with Crippen LogP contribution in [0.25, 0.3) is 10.9 Å². The number of carbonyl (C=O) groups excluding carboxylic acids is 1. The molecule has 210 valence electrons. The fourth-order valence-electron chi connectivity index (χ4n) is 4.30. The summed E-state index contributed by atoms with van der Waals surface area (Å²) in [5.41, 5.74) is 1.04. The van der Waals surface area contributed by atoms with Crippen LogP contribution in [-0.2, 0) is 16.7 Å². The molecule has 2 aromatic heterocycles. The molecule has 1 amide bonds. The maximum Gasteiger partial charge on any atom is 0.339 e. The van der Waals surface area contributed by atoms with Crippen molar-refractivity contribution in [3.63, 3.8) is 0 Å². The number of rotatable bonds is 7. The van der Waals surface area contributed by atoms with Crippen molar-refractivity contribution in [1.82, 2.24) is 15.3 Å². The summed E-state index contributed by atoms with van der Waals surface area (Å²) in [5, 5.41) is 2.95. The molecule has 2 aromatic carbocycles. The standard InChI is InChI=1S/C27H27FN4O6S2/c1-18-6-12-21(13-7-18)40(36,37)38-25-23-22(5-4-14-29-23)26(32-15-2-3-16-39(32,34)35)31-24(25)27(33)30-17-19-8-10-20(28)11-9-19/h4-14,34-35H,2-3,15-17H2,1H3,(H,30,33). The summed E-state index contributed by atoms with van der Waals surface area (Å²) in [5.74, 6) is -1.41. The molecule has 1 aliphatic heterocycles. The second kappa shape index (κ2) is 11.0. The number of benzene rings is 2. The summed E-state index contributed by atoms with van der Waals surface area (Å²) in [4.78, 5) is 22.2. The van der Waals surface area contributed by atoms with Gasteiger partial charge in [-0.1, -0.05) is 29.8 Å². The first-order valence-electron chi connectivity index (χ1n) is 12.4. The van der Waals surface area contributed by atoms with Crippen LogP contribution in [0.4, 0.5) is 10.2 Å². The minimum atomic E-state index is -4.42. The lowest BCUT2D eigenvalue weighted by Crippen LogP contribution is -2.36. The Morgan fingerprint density at radius 1 is 1.10 bits per heavy atom. The number of carbonyl (C=O) groups is 1. The third kappa shape index (κ3) is 5.72. The lowest BCUT2D eigenvalue weighted by Gasteiger charge is -2.47. The predicted octanol–water partition coefficient (Wildman–Crippen LogP) is 5.04. The average molecular weight is 587 g/mol. The van der Waals surface area contributed by atoms with Crippen LogP contribution in [0.15, 0.2) is 71.8 Å². The van der Waals surface area contributed by atoms with E-state index in [1.54, 1.807) is 24.3 Å². The molecule has 3 N–H and O–H groups in total. The van der Waals surface area contributed by atoms with E-state index in [2.05, 4.69) is 15.3 Å². The molecule has 3 heterocycles. The van der Waals surface area contributed by atoms with Crippen LogP contribution in [0.1, 0.15) is 34.5 Å². The van der Waals surface area contributed by atoms with Crippen LogP contribution < -0.4 is 13.8 Å². The molecule has 0 atom stereocenters. The first-order chi connectivity index (χ1) is 19.0. The normalized spacial score (nSPS) is 15.9. The second-order valence-electron chi connectivity index (χ2n) is 9.32. The van der Waals surface area contributed by atoms with E-state index >= 15 is 0 Å². The van der Waals surface area contributed by atoms with Gasteiger partial charge >= 0.3 is 10.1 Å². The fourth-order valence-corrected chi connectivity index (χ4v) is 6.89. The van der Waals surface area contributed by atoms with Gasteiger partial charge in [-0.15, -0.1) is 10.8 Å².